The molecule has 0 amide bonds. The quantitative estimate of drug-likeness (QED) is 0.595. The number of nitrogens with one attached hydrogen (secondary N) is 1. The summed E-state index contributed by atoms with van der Waals surface area (Å²) in [5.41, 5.74) is -1.05. The van der Waals surface area contributed by atoms with Gasteiger partial charge in [0.2, 0.25) is 0 Å². The maximum absolute atomic E-state index is 11.8. The van der Waals surface area contributed by atoms with E-state index in [1.54, 1.807) is 0 Å². The van der Waals surface area contributed by atoms with Gasteiger partial charge in [-0.2, -0.15) is 0 Å². The van der Waals surface area contributed by atoms with E-state index in [1.165, 1.54) is 12.5 Å². The van der Waals surface area contributed by atoms with Crippen molar-refractivity contribution in [3.8, 4) is 0 Å². The highest BCUT2D eigenvalue weighted by Crippen LogP contribution is 2.27. The summed E-state index contributed by atoms with van der Waals surface area (Å²) >= 11 is 0. The average Bonchev–Trinajstić information content (AvgIpc) is 2.73. The van der Waals surface area contributed by atoms with Crippen molar-refractivity contribution >= 4 is 10.8 Å². The van der Waals surface area contributed by atoms with Crippen molar-refractivity contribution in [1.29, 1.82) is 0 Å². The minimum Gasteiger partial charge on any atom is -0.394 e. The Bertz CT molecular complexity index is 624. The fourth-order valence-electron chi connectivity index (χ4n) is 2.11. The molecule has 0 aromatic carbocycles. The number of hydrogen-bond donors (Lipinski definition) is 3. The lowest BCUT2D eigenvalue weighted by Crippen LogP contribution is -2.34. The van der Waals surface area contributed by atoms with Crippen LogP contribution in [0, 0.1) is 0 Å². The van der Waals surface area contributed by atoms with Crippen LogP contribution < -0.4 is 11.2 Å². The lowest BCUT2D eigenvalue weighted by Gasteiger charge is -2.15. The smallest absolute Gasteiger partial charge is 0.330 e. The molecule has 9 heteroatoms. The lowest BCUT2D eigenvalue weighted by atomic mass is 10.2. The first-order chi connectivity index (χ1) is 9.42. The van der Waals surface area contributed by atoms with Gasteiger partial charge in [-0.1, -0.05) is 0 Å². The minimum atomic E-state index is -1.22. The summed E-state index contributed by atoms with van der Waals surface area (Å²) in [6.07, 6.45) is 0.462. The summed E-state index contributed by atoms with van der Waals surface area (Å²) in [5.74, 6) is 0.0221. The molecule has 1 aromatic rings. The van der Waals surface area contributed by atoms with Crippen molar-refractivity contribution < 1.29 is 19.2 Å². The Morgan fingerprint density at radius 3 is 2.80 bits per heavy atom. The van der Waals surface area contributed by atoms with Crippen LogP contribution in [0.2, 0.25) is 0 Å². The van der Waals surface area contributed by atoms with Gasteiger partial charge >= 0.3 is 5.69 Å². The molecule has 20 heavy (non-hydrogen) atoms. The van der Waals surface area contributed by atoms with E-state index < -0.39 is 40.5 Å². The largest absolute Gasteiger partial charge is 0.394 e. The molecule has 112 valence electrons. The lowest BCUT2D eigenvalue weighted by molar-refractivity contribution is -0.0459. The molecule has 0 spiro atoms. The number of aliphatic hydroxyl groups excluding tert-OH is 2. The fourth-order valence-corrected chi connectivity index (χ4v) is 2.76. The van der Waals surface area contributed by atoms with Gasteiger partial charge in [0.15, 0.2) is 0 Å². The van der Waals surface area contributed by atoms with Crippen molar-refractivity contribution in [3.05, 3.63) is 32.6 Å². The van der Waals surface area contributed by atoms with Gasteiger partial charge in [0.25, 0.3) is 5.56 Å². The van der Waals surface area contributed by atoms with Crippen molar-refractivity contribution in [2.45, 2.75) is 30.6 Å². The van der Waals surface area contributed by atoms with E-state index in [0.29, 0.717) is 0 Å². The SMILES string of the molecule is CS(=O)Cc1cn(C2CC(O)C(CO)O2)c(=O)[nH]c1=O. The van der Waals surface area contributed by atoms with Crippen LogP contribution in [0.3, 0.4) is 0 Å². The van der Waals surface area contributed by atoms with Gasteiger partial charge in [-0.15, -0.1) is 0 Å². The molecule has 2 heterocycles. The van der Waals surface area contributed by atoms with Crippen LogP contribution in [0.15, 0.2) is 15.8 Å². The van der Waals surface area contributed by atoms with E-state index in [-0.39, 0.29) is 24.3 Å². The van der Waals surface area contributed by atoms with Crippen LogP contribution in [0.5, 0.6) is 0 Å². The monoisotopic (exact) mass is 304 g/mol. The zero-order chi connectivity index (χ0) is 14.9. The standard InChI is InChI=1S/C11H16N2O6S/c1-20(18)5-6-3-13(11(17)12-10(6)16)9-2-7(15)8(4-14)19-9/h3,7-9,14-15H,2,4-5H2,1H3,(H,12,16,17). The van der Waals surface area contributed by atoms with Crippen LogP contribution in [0.1, 0.15) is 18.2 Å². The van der Waals surface area contributed by atoms with Crippen LogP contribution in [-0.4, -0.2) is 49.0 Å². The molecule has 1 aliphatic rings. The topological polar surface area (TPSA) is 122 Å². The Hall–Kier alpha value is -1.29. The van der Waals surface area contributed by atoms with Gasteiger partial charge in [0.1, 0.15) is 12.3 Å². The molecule has 8 nitrogen and oxygen atoms in total. The normalized spacial score (nSPS) is 27.6. The summed E-state index contributed by atoms with van der Waals surface area (Å²) in [7, 11) is -1.22. The summed E-state index contributed by atoms with van der Waals surface area (Å²) in [5, 5.41) is 18.7. The van der Waals surface area contributed by atoms with Gasteiger partial charge in [-0.05, 0) is 0 Å². The molecular formula is C11H16N2O6S. The highest BCUT2D eigenvalue weighted by molar-refractivity contribution is 7.83. The third kappa shape index (κ3) is 3.06. The van der Waals surface area contributed by atoms with Crippen LogP contribution in [0.25, 0.3) is 0 Å². The molecule has 4 unspecified atom stereocenters. The number of H-pyrrole nitrogens is 1. The van der Waals surface area contributed by atoms with E-state index >= 15 is 0 Å². The van der Waals surface area contributed by atoms with Crippen LogP contribution in [0.4, 0.5) is 0 Å². The van der Waals surface area contributed by atoms with E-state index in [9.17, 15) is 18.9 Å². The number of hydrogen-bond acceptors (Lipinski definition) is 6. The van der Waals surface area contributed by atoms with Crippen LogP contribution in [-0.2, 0) is 21.3 Å². The number of ether oxygens (including phenoxy) is 1. The molecule has 1 saturated heterocycles. The predicted molar refractivity (Wildman–Crippen MR) is 70.7 cm³/mol. The molecule has 0 saturated carbocycles. The zero-order valence-electron chi connectivity index (χ0n) is 10.8. The van der Waals surface area contributed by atoms with Crippen molar-refractivity contribution in [1.82, 2.24) is 9.55 Å². The second-order valence-corrected chi connectivity index (χ2v) is 6.09. The van der Waals surface area contributed by atoms with Gasteiger partial charge in [-0.25, -0.2) is 4.79 Å². The third-order valence-corrected chi connectivity index (χ3v) is 3.81. The number of aromatic nitrogens is 2. The van der Waals surface area contributed by atoms with E-state index in [1.807, 2.05) is 0 Å². The Labute approximate surface area is 116 Å². The van der Waals surface area contributed by atoms with Gasteiger partial charge in [0, 0.05) is 35.2 Å². The second kappa shape index (κ2) is 6.00. The van der Waals surface area contributed by atoms with Gasteiger partial charge < -0.3 is 14.9 Å². The fraction of sp³-hybridized carbons (Fsp3) is 0.636. The molecule has 2 rings (SSSR count). The third-order valence-electron chi connectivity index (χ3n) is 3.09. The summed E-state index contributed by atoms with van der Waals surface area (Å²) < 4.78 is 17.7. The molecule has 1 aromatic heterocycles. The number of aliphatic hydroxyl groups is 2. The highest BCUT2D eigenvalue weighted by atomic mass is 32.2. The maximum Gasteiger partial charge on any atom is 0.330 e. The Kier molecular flexibility index (Phi) is 4.53. The van der Waals surface area contributed by atoms with E-state index in [4.69, 9.17) is 9.84 Å². The number of nitrogens with zero attached hydrogens (tertiary/aromatic N) is 1. The predicted octanol–water partition coefficient (Wildman–Crippen LogP) is -1.94. The molecule has 4 atom stereocenters. The molecule has 0 radical (unpaired) electrons. The van der Waals surface area contributed by atoms with Crippen molar-refractivity contribution in [2.75, 3.05) is 12.9 Å². The summed E-state index contributed by atoms with van der Waals surface area (Å²) in [6.45, 7) is -0.360. The Morgan fingerprint density at radius 2 is 2.25 bits per heavy atom. The summed E-state index contributed by atoms with van der Waals surface area (Å²) in [6, 6.07) is 0. The summed E-state index contributed by atoms with van der Waals surface area (Å²) in [4.78, 5) is 25.5. The molecule has 3 N–H and O–H groups in total. The van der Waals surface area contributed by atoms with Crippen molar-refractivity contribution in [3.63, 3.8) is 0 Å². The first-order valence-corrected chi connectivity index (χ1v) is 7.74. The molecule has 1 aliphatic heterocycles. The first kappa shape index (κ1) is 15.1. The highest BCUT2D eigenvalue weighted by Gasteiger charge is 2.35. The number of rotatable bonds is 4. The average molecular weight is 304 g/mol. The van der Waals surface area contributed by atoms with Gasteiger partial charge in [-0.3, -0.25) is 18.6 Å². The maximum atomic E-state index is 11.8. The van der Waals surface area contributed by atoms with E-state index in [0.717, 1.165) is 4.57 Å². The van der Waals surface area contributed by atoms with Crippen molar-refractivity contribution in [2.24, 2.45) is 0 Å². The Balaban J connectivity index is 2.35. The van der Waals surface area contributed by atoms with Gasteiger partial charge in [0.05, 0.1) is 18.5 Å². The number of aromatic amines is 1. The first-order valence-electron chi connectivity index (χ1n) is 6.01. The molecule has 0 aliphatic carbocycles. The molecular weight excluding hydrogens is 288 g/mol. The molecule has 1 fully saturated rings. The Morgan fingerprint density at radius 1 is 1.55 bits per heavy atom. The van der Waals surface area contributed by atoms with E-state index in [2.05, 4.69) is 4.98 Å². The zero-order valence-corrected chi connectivity index (χ0v) is 11.6. The minimum absolute atomic E-state index is 0.0221. The second-order valence-electron chi connectivity index (χ2n) is 4.65. The molecule has 0 bridgehead atoms. The van der Waals surface area contributed by atoms with Crippen LogP contribution >= 0.6 is 0 Å².